The maximum atomic E-state index is 6.51. The van der Waals surface area contributed by atoms with Gasteiger partial charge in [-0.15, -0.1) is 11.3 Å². The van der Waals surface area contributed by atoms with E-state index in [0.29, 0.717) is 0 Å². The number of amidine groups is 1. The van der Waals surface area contributed by atoms with E-state index in [-0.39, 0.29) is 17.7 Å². The summed E-state index contributed by atoms with van der Waals surface area (Å²) in [6.07, 6.45) is 5.20. The molecule has 6 aromatic carbocycles. The summed E-state index contributed by atoms with van der Waals surface area (Å²) < 4.78 is 14.3. The molecule has 6 heteroatoms. The van der Waals surface area contributed by atoms with E-state index < -0.39 is 0 Å². The molecule has 1 aliphatic heterocycles. The van der Waals surface area contributed by atoms with Crippen molar-refractivity contribution >= 4 is 77.2 Å². The SMILES string of the molecule is CC1(C2NC(c3ccccc3)=NC(c3cccc4c3oc3ccccc34)N2)C=Cc2c(sc3c(-c4cccc5c4oc4ccccc45)cccc23)C1. The number of nitrogens with zero attached hydrogens (tertiary/aromatic N) is 1. The Balaban J connectivity index is 1.00. The van der Waals surface area contributed by atoms with Crippen LogP contribution in [0.5, 0.6) is 0 Å². The predicted octanol–water partition coefficient (Wildman–Crippen LogP) is 11.6. The summed E-state index contributed by atoms with van der Waals surface area (Å²) in [7, 11) is 0. The Morgan fingerprint density at radius 1 is 0.654 bits per heavy atom. The maximum Gasteiger partial charge on any atom is 0.143 e. The van der Waals surface area contributed by atoms with E-state index in [1.807, 2.05) is 35.6 Å². The highest BCUT2D eigenvalue weighted by Crippen LogP contribution is 2.47. The largest absolute Gasteiger partial charge is 0.456 e. The van der Waals surface area contributed by atoms with Crippen LogP contribution in [0.25, 0.3) is 71.2 Å². The van der Waals surface area contributed by atoms with Crippen molar-refractivity contribution in [1.82, 2.24) is 10.6 Å². The average Bonchev–Trinajstić information content (AvgIpc) is 3.89. The van der Waals surface area contributed by atoms with Crippen molar-refractivity contribution < 1.29 is 8.83 Å². The van der Waals surface area contributed by atoms with Gasteiger partial charge in [-0.3, -0.25) is 5.32 Å². The molecule has 4 heterocycles. The van der Waals surface area contributed by atoms with E-state index in [2.05, 4.69) is 139 Å². The van der Waals surface area contributed by atoms with E-state index >= 15 is 0 Å². The second kappa shape index (κ2) is 11.3. The fourth-order valence-electron chi connectivity index (χ4n) is 8.34. The molecule has 2 N–H and O–H groups in total. The summed E-state index contributed by atoms with van der Waals surface area (Å²) in [5.41, 5.74) is 9.11. The molecule has 11 rings (SSSR count). The first-order valence-corrected chi connectivity index (χ1v) is 18.6. The third kappa shape index (κ3) is 4.48. The number of thiophene rings is 1. The number of fused-ring (bicyclic) bond motifs is 9. The van der Waals surface area contributed by atoms with Gasteiger partial charge in [-0.2, -0.15) is 0 Å². The standard InChI is InChI=1S/C46H33N3O2S/c1-46(45-48-43(27-12-3-2-4-13-27)47-44(49-45)36-21-10-17-32-29-15-6-8-23-38(29)51-41(32)36)25-24-30-34-19-11-20-35(42(34)52-39(30)26-46)33-18-9-16-31-28-14-5-7-22-37(28)50-40(31)33/h2-25,44-45,49H,26H2,1H3,(H,47,48). The molecule has 5 nitrogen and oxygen atoms in total. The third-order valence-electron chi connectivity index (χ3n) is 11.0. The minimum Gasteiger partial charge on any atom is -0.456 e. The first-order chi connectivity index (χ1) is 25.6. The van der Waals surface area contributed by atoms with Gasteiger partial charge in [0.1, 0.15) is 34.3 Å². The molecule has 0 amide bonds. The number of aliphatic imine (C=N–C) groups is 1. The van der Waals surface area contributed by atoms with Crippen molar-refractivity contribution in [2.75, 3.05) is 0 Å². The van der Waals surface area contributed by atoms with Crippen molar-refractivity contribution in [2.24, 2.45) is 10.4 Å². The van der Waals surface area contributed by atoms with Crippen LogP contribution >= 0.6 is 11.3 Å². The molecular formula is C46H33N3O2S. The van der Waals surface area contributed by atoms with Gasteiger partial charge in [-0.05, 0) is 24.1 Å². The van der Waals surface area contributed by atoms with Crippen LogP contribution in [0.1, 0.15) is 34.7 Å². The first kappa shape index (κ1) is 29.7. The molecule has 9 aromatic rings. The van der Waals surface area contributed by atoms with E-state index in [9.17, 15) is 0 Å². The van der Waals surface area contributed by atoms with Gasteiger partial charge in [-0.25, -0.2) is 4.99 Å². The predicted molar refractivity (Wildman–Crippen MR) is 215 cm³/mol. The molecule has 3 unspecified atom stereocenters. The number of hydrogen-bond acceptors (Lipinski definition) is 6. The molecule has 1 aliphatic carbocycles. The molecule has 0 bridgehead atoms. The highest BCUT2D eigenvalue weighted by molar-refractivity contribution is 7.20. The van der Waals surface area contributed by atoms with Crippen molar-refractivity contribution in [3.8, 4) is 11.1 Å². The van der Waals surface area contributed by atoms with Crippen LogP contribution < -0.4 is 10.6 Å². The lowest BCUT2D eigenvalue weighted by Gasteiger charge is -2.42. The maximum absolute atomic E-state index is 6.51. The smallest absolute Gasteiger partial charge is 0.143 e. The zero-order chi connectivity index (χ0) is 34.4. The van der Waals surface area contributed by atoms with Crippen molar-refractivity contribution in [3.05, 3.63) is 161 Å². The fourth-order valence-corrected chi connectivity index (χ4v) is 9.84. The van der Waals surface area contributed by atoms with Gasteiger partial charge in [0.2, 0.25) is 0 Å². The Bertz CT molecular complexity index is 2930. The zero-order valence-corrected chi connectivity index (χ0v) is 29.2. The van der Waals surface area contributed by atoms with Crippen LogP contribution in [0.2, 0.25) is 0 Å². The Kier molecular flexibility index (Phi) is 6.45. The van der Waals surface area contributed by atoms with Crippen molar-refractivity contribution in [3.63, 3.8) is 0 Å². The van der Waals surface area contributed by atoms with E-state index in [1.165, 1.54) is 26.1 Å². The van der Waals surface area contributed by atoms with Gasteiger partial charge >= 0.3 is 0 Å². The van der Waals surface area contributed by atoms with Crippen LogP contribution in [0.3, 0.4) is 0 Å². The molecule has 2 aliphatic rings. The molecule has 52 heavy (non-hydrogen) atoms. The molecule has 0 radical (unpaired) electrons. The second-order valence-electron chi connectivity index (χ2n) is 14.2. The Morgan fingerprint density at radius 2 is 1.29 bits per heavy atom. The summed E-state index contributed by atoms with van der Waals surface area (Å²) in [6, 6.07) is 46.6. The molecule has 0 fully saturated rings. The molecule has 3 atom stereocenters. The third-order valence-corrected chi connectivity index (χ3v) is 12.3. The van der Waals surface area contributed by atoms with Gasteiger partial charge in [0, 0.05) is 64.2 Å². The first-order valence-electron chi connectivity index (χ1n) is 17.8. The summed E-state index contributed by atoms with van der Waals surface area (Å²) in [5.74, 6) is 0.875. The van der Waals surface area contributed by atoms with Crippen LogP contribution in [-0.4, -0.2) is 12.0 Å². The lowest BCUT2D eigenvalue weighted by Crippen LogP contribution is -2.59. The van der Waals surface area contributed by atoms with Crippen LogP contribution in [0.15, 0.2) is 153 Å². The van der Waals surface area contributed by atoms with E-state index in [0.717, 1.165) is 72.8 Å². The van der Waals surface area contributed by atoms with Gasteiger partial charge < -0.3 is 14.2 Å². The second-order valence-corrected chi connectivity index (χ2v) is 15.3. The quantitative estimate of drug-likeness (QED) is 0.193. The summed E-state index contributed by atoms with van der Waals surface area (Å²) in [6.45, 7) is 2.35. The van der Waals surface area contributed by atoms with Crippen molar-refractivity contribution in [2.45, 2.75) is 25.7 Å². The van der Waals surface area contributed by atoms with E-state index in [1.54, 1.807) is 0 Å². The minimum atomic E-state index is -0.310. The van der Waals surface area contributed by atoms with Crippen LogP contribution in [0.4, 0.5) is 0 Å². The number of furan rings is 2. The number of para-hydroxylation sites is 4. The molecule has 3 aromatic heterocycles. The van der Waals surface area contributed by atoms with Crippen LogP contribution in [-0.2, 0) is 6.42 Å². The van der Waals surface area contributed by atoms with Crippen molar-refractivity contribution in [1.29, 1.82) is 0 Å². The number of hydrogen-bond donors (Lipinski definition) is 2. The van der Waals surface area contributed by atoms with Gasteiger partial charge in [-0.1, -0.05) is 140 Å². The summed E-state index contributed by atoms with van der Waals surface area (Å²) in [4.78, 5) is 6.67. The molecule has 0 saturated heterocycles. The summed E-state index contributed by atoms with van der Waals surface area (Å²) in [5, 5.41) is 13.6. The number of benzene rings is 6. The van der Waals surface area contributed by atoms with Gasteiger partial charge in [0.05, 0.1) is 6.17 Å². The number of rotatable bonds is 4. The number of nitrogens with one attached hydrogen (secondary N) is 2. The highest BCUT2D eigenvalue weighted by atomic mass is 32.1. The topological polar surface area (TPSA) is 62.7 Å². The normalized spacial score (nSPS) is 20.1. The highest BCUT2D eigenvalue weighted by Gasteiger charge is 2.40. The Morgan fingerprint density at radius 3 is 2.08 bits per heavy atom. The van der Waals surface area contributed by atoms with Gasteiger partial charge in [0.15, 0.2) is 0 Å². The molecule has 0 spiro atoms. The lowest BCUT2D eigenvalue weighted by atomic mass is 9.77. The monoisotopic (exact) mass is 691 g/mol. The summed E-state index contributed by atoms with van der Waals surface area (Å²) >= 11 is 1.91. The fraction of sp³-hybridized carbons (Fsp3) is 0.109. The van der Waals surface area contributed by atoms with E-state index in [4.69, 9.17) is 13.8 Å². The average molecular weight is 692 g/mol. The zero-order valence-electron chi connectivity index (χ0n) is 28.4. The minimum absolute atomic E-state index is 0.108. The Labute approximate surface area is 303 Å². The molecule has 0 saturated carbocycles. The van der Waals surface area contributed by atoms with Crippen LogP contribution in [0, 0.1) is 5.41 Å². The molecular weight excluding hydrogens is 659 g/mol. The lowest BCUT2D eigenvalue weighted by molar-refractivity contribution is 0.231. The molecule has 250 valence electrons. The van der Waals surface area contributed by atoms with Gasteiger partial charge in [0.25, 0.3) is 0 Å². The Hall–Kier alpha value is -5.95.